The van der Waals surface area contributed by atoms with E-state index in [1.54, 1.807) is 0 Å². The number of benzene rings is 1. The molecular formula is C27H36N6O. The van der Waals surface area contributed by atoms with Crippen LogP contribution in [-0.4, -0.2) is 64.3 Å². The molecule has 2 aromatic heterocycles. The van der Waals surface area contributed by atoms with E-state index in [4.69, 9.17) is 4.74 Å². The topological polar surface area (TPSA) is 68.1 Å². The second kappa shape index (κ2) is 8.93. The van der Waals surface area contributed by atoms with Gasteiger partial charge in [-0.1, -0.05) is 24.3 Å². The quantitative estimate of drug-likeness (QED) is 0.592. The second-order valence-electron chi connectivity index (χ2n) is 10.7. The third-order valence-corrected chi connectivity index (χ3v) is 8.54. The number of rotatable bonds is 6. The zero-order valence-corrected chi connectivity index (χ0v) is 20.5. The summed E-state index contributed by atoms with van der Waals surface area (Å²) in [6.45, 7) is 8.72. The van der Waals surface area contributed by atoms with E-state index in [1.165, 1.54) is 51.7 Å². The lowest BCUT2D eigenvalue weighted by Gasteiger charge is -2.36. The molecular weight excluding hydrogens is 424 g/mol. The Hall–Kier alpha value is -2.51. The summed E-state index contributed by atoms with van der Waals surface area (Å²) in [7, 11) is 1.95. The normalized spacial score (nSPS) is 22.9. The van der Waals surface area contributed by atoms with Crippen LogP contribution in [-0.2, 0) is 11.8 Å². The molecule has 1 aromatic carbocycles. The van der Waals surface area contributed by atoms with Crippen LogP contribution in [0.2, 0.25) is 0 Å². The van der Waals surface area contributed by atoms with E-state index in [-0.39, 0.29) is 0 Å². The SMILES string of the molecule is Cc1nn(C)cc1-c1nnc(NCC2CC23CCN(CC2CCOCC2)CC3)c2ccccc12. The van der Waals surface area contributed by atoms with E-state index in [0.29, 0.717) is 5.41 Å². The number of ether oxygens (including phenoxy) is 1. The van der Waals surface area contributed by atoms with Gasteiger partial charge in [0.25, 0.3) is 0 Å². The number of likely N-dealkylation sites (tertiary alicyclic amines) is 1. The number of nitrogens with one attached hydrogen (secondary N) is 1. The van der Waals surface area contributed by atoms with Gasteiger partial charge in [0.2, 0.25) is 0 Å². The summed E-state index contributed by atoms with van der Waals surface area (Å²) in [6, 6.07) is 8.46. The highest BCUT2D eigenvalue weighted by Gasteiger charge is 2.54. The van der Waals surface area contributed by atoms with E-state index in [2.05, 4.69) is 49.8 Å². The van der Waals surface area contributed by atoms with Crippen LogP contribution in [0.1, 0.15) is 37.8 Å². The van der Waals surface area contributed by atoms with Gasteiger partial charge in [-0.25, -0.2) is 0 Å². The molecule has 180 valence electrons. The fourth-order valence-electron chi connectivity index (χ4n) is 6.29. The van der Waals surface area contributed by atoms with Crippen molar-refractivity contribution in [3.8, 4) is 11.3 Å². The fraction of sp³-hybridized carbons (Fsp3) is 0.593. The zero-order chi connectivity index (χ0) is 23.1. The molecule has 1 spiro atoms. The van der Waals surface area contributed by atoms with Gasteiger partial charge in [-0.05, 0) is 69.4 Å². The highest BCUT2D eigenvalue weighted by Crippen LogP contribution is 2.59. The van der Waals surface area contributed by atoms with Crippen molar-refractivity contribution in [2.24, 2.45) is 24.3 Å². The molecule has 3 fully saturated rings. The average Bonchev–Trinajstić information content (AvgIpc) is 3.42. The molecule has 1 atom stereocenters. The molecule has 34 heavy (non-hydrogen) atoms. The predicted octanol–water partition coefficient (Wildman–Crippen LogP) is 4.28. The first kappa shape index (κ1) is 22.0. The smallest absolute Gasteiger partial charge is 0.156 e. The number of hydrogen-bond acceptors (Lipinski definition) is 6. The van der Waals surface area contributed by atoms with Crippen molar-refractivity contribution >= 4 is 16.6 Å². The van der Waals surface area contributed by atoms with Crippen molar-refractivity contribution in [2.45, 2.75) is 39.0 Å². The summed E-state index contributed by atoms with van der Waals surface area (Å²) < 4.78 is 7.37. The van der Waals surface area contributed by atoms with Crippen LogP contribution in [0.4, 0.5) is 5.82 Å². The Morgan fingerprint density at radius 2 is 1.85 bits per heavy atom. The van der Waals surface area contributed by atoms with Gasteiger partial charge in [0.05, 0.1) is 5.69 Å². The van der Waals surface area contributed by atoms with Gasteiger partial charge in [0, 0.05) is 55.9 Å². The number of hydrogen-bond donors (Lipinski definition) is 1. The minimum Gasteiger partial charge on any atom is -0.381 e. The Morgan fingerprint density at radius 1 is 1.09 bits per heavy atom. The van der Waals surface area contributed by atoms with Gasteiger partial charge in [-0.2, -0.15) is 5.10 Å². The number of nitrogens with zero attached hydrogens (tertiary/aromatic N) is 5. The zero-order valence-electron chi connectivity index (χ0n) is 20.5. The highest BCUT2D eigenvalue weighted by molar-refractivity contribution is 6.00. The third kappa shape index (κ3) is 4.20. The largest absolute Gasteiger partial charge is 0.381 e. The van der Waals surface area contributed by atoms with Crippen LogP contribution in [0.5, 0.6) is 0 Å². The second-order valence-corrected chi connectivity index (χ2v) is 10.7. The van der Waals surface area contributed by atoms with E-state index in [9.17, 15) is 0 Å². The molecule has 0 bridgehead atoms. The molecule has 4 heterocycles. The van der Waals surface area contributed by atoms with Crippen molar-refractivity contribution < 1.29 is 4.74 Å². The molecule has 1 aliphatic carbocycles. The first-order chi connectivity index (χ1) is 16.6. The summed E-state index contributed by atoms with van der Waals surface area (Å²) >= 11 is 0. The van der Waals surface area contributed by atoms with Gasteiger partial charge < -0.3 is 15.0 Å². The first-order valence-electron chi connectivity index (χ1n) is 12.9. The van der Waals surface area contributed by atoms with Gasteiger partial charge in [-0.15, -0.1) is 10.2 Å². The maximum absolute atomic E-state index is 5.53. The lowest BCUT2D eigenvalue weighted by molar-refractivity contribution is 0.0449. The Kier molecular flexibility index (Phi) is 5.77. The Labute approximate surface area is 201 Å². The van der Waals surface area contributed by atoms with Gasteiger partial charge in [0.15, 0.2) is 5.82 Å². The molecule has 6 rings (SSSR count). The van der Waals surface area contributed by atoms with Crippen LogP contribution < -0.4 is 5.32 Å². The lowest BCUT2D eigenvalue weighted by atomic mass is 9.89. The molecule has 7 heteroatoms. The summed E-state index contributed by atoms with van der Waals surface area (Å²) in [5.41, 5.74) is 3.48. The third-order valence-electron chi connectivity index (χ3n) is 8.54. The molecule has 0 radical (unpaired) electrons. The molecule has 1 unspecified atom stereocenters. The molecule has 3 aromatic rings. The summed E-state index contributed by atoms with van der Waals surface area (Å²) in [5, 5.41) is 19.7. The molecule has 1 N–H and O–H groups in total. The standard InChI is InChI=1S/C27H36N6O/c1-19-24(18-32(2)31-19)25-22-5-3-4-6-23(22)26(30-29-25)28-16-21-15-27(21)9-11-33(12-10-27)17-20-7-13-34-14-8-20/h3-6,18,20-21H,7-17H2,1-2H3,(H,28,30). The van der Waals surface area contributed by atoms with E-state index >= 15 is 0 Å². The van der Waals surface area contributed by atoms with Crippen molar-refractivity contribution in [1.29, 1.82) is 0 Å². The minimum absolute atomic E-state index is 0.551. The number of anilines is 1. The van der Waals surface area contributed by atoms with Gasteiger partial charge >= 0.3 is 0 Å². The van der Waals surface area contributed by atoms with E-state index in [1.807, 2.05) is 24.9 Å². The lowest BCUT2D eigenvalue weighted by Crippen LogP contribution is -2.39. The maximum atomic E-state index is 5.53. The van der Waals surface area contributed by atoms with Crippen molar-refractivity contribution in [3.05, 3.63) is 36.2 Å². The number of aryl methyl sites for hydroxylation is 2. The fourth-order valence-corrected chi connectivity index (χ4v) is 6.29. The van der Waals surface area contributed by atoms with E-state index in [0.717, 1.165) is 65.1 Å². The Morgan fingerprint density at radius 3 is 2.59 bits per heavy atom. The molecule has 3 aliphatic rings. The average molecular weight is 461 g/mol. The highest BCUT2D eigenvalue weighted by atomic mass is 16.5. The molecule has 1 saturated carbocycles. The summed E-state index contributed by atoms with van der Waals surface area (Å²) in [6.07, 6.45) is 8.54. The summed E-state index contributed by atoms with van der Waals surface area (Å²) in [5.74, 6) is 2.49. The molecule has 2 saturated heterocycles. The van der Waals surface area contributed by atoms with Crippen LogP contribution in [0, 0.1) is 24.2 Å². The molecule has 2 aliphatic heterocycles. The van der Waals surface area contributed by atoms with Crippen LogP contribution in [0.3, 0.4) is 0 Å². The number of fused-ring (bicyclic) bond motifs is 1. The number of piperidine rings is 1. The van der Waals surface area contributed by atoms with Crippen LogP contribution in [0.25, 0.3) is 22.0 Å². The molecule has 0 amide bonds. The minimum atomic E-state index is 0.551. The summed E-state index contributed by atoms with van der Waals surface area (Å²) in [4.78, 5) is 2.71. The number of aromatic nitrogens is 4. The van der Waals surface area contributed by atoms with E-state index < -0.39 is 0 Å². The predicted molar refractivity (Wildman–Crippen MR) is 135 cm³/mol. The molecule has 7 nitrogen and oxygen atoms in total. The van der Waals surface area contributed by atoms with Crippen molar-refractivity contribution in [2.75, 3.05) is 44.7 Å². The van der Waals surface area contributed by atoms with Gasteiger partial charge in [0.1, 0.15) is 5.69 Å². The van der Waals surface area contributed by atoms with Gasteiger partial charge in [-0.3, -0.25) is 4.68 Å². The van der Waals surface area contributed by atoms with Crippen molar-refractivity contribution in [1.82, 2.24) is 24.9 Å². The van der Waals surface area contributed by atoms with Crippen LogP contribution >= 0.6 is 0 Å². The Bertz CT molecular complexity index is 1160. The van der Waals surface area contributed by atoms with Crippen LogP contribution in [0.15, 0.2) is 30.5 Å². The Balaban J connectivity index is 1.10. The first-order valence-corrected chi connectivity index (χ1v) is 12.9. The maximum Gasteiger partial charge on any atom is 0.156 e. The monoisotopic (exact) mass is 460 g/mol. The van der Waals surface area contributed by atoms with Crippen molar-refractivity contribution in [3.63, 3.8) is 0 Å².